The smallest absolute Gasteiger partial charge is 0.145 e. The maximum Gasteiger partial charge on any atom is 0.145 e. The summed E-state index contributed by atoms with van der Waals surface area (Å²) in [6.07, 6.45) is 3.08. The number of hydrogen-bond donors (Lipinski definition) is 3. The molecule has 8 heteroatoms. The lowest BCUT2D eigenvalue weighted by Gasteiger charge is -2.22. The molecule has 0 aromatic carbocycles. The minimum Gasteiger partial charge on any atom is -0.472 e. The maximum atomic E-state index is 10.2. The number of fused-ring (bicyclic) bond motifs is 1. The van der Waals surface area contributed by atoms with Crippen molar-refractivity contribution in [3.8, 4) is 11.3 Å². The van der Waals surface area contributed by atoms with Crippen molar-refractivity contribution < 1.29 is 19.7 Å². The summed E-state index contributed by atoms with van der Waals surface area (Å²) in [6, 6.07) is 1.77. The summed E-state index contributed by atoms with van der Waals surface area (Å²) in [4.78, 5) is 8.49. The SMILES string of the molecule is CCC(O)[C@@H](O)[C@@H](O)Cn1cc(Cl)c2c(-c3ccoc3)ncnc21. The largest absolute Gasteiger partial charge is 0.472 e. The number of rotatable bonds is 6. The van der Waals surface area contributed by atoms with Gasteiger partial charge in [0.1, 0.15) is 24.2 Å². The Labute approximate surface area is 143 Å². The molecule has 3 rings (SSSR count). The molecule has 3 atom stereocenters. The predicted molar refractivity (Wildman–Crippen MR) is 88.6 cm³/mol. The zero-order valence-corrected chi connectivity index (χ0v) is 13.8. The van der Waals surface area contributed by atoms with E-state index in [0.717, 1.165) is 5.56 Å². The Morgan fingerprint density at radius 1 is 1.25 bits per heavy atom. The molecule has 24 heavy (non-hydrogen) atoms. The summed E-state index contributed by atoms with van der Waals surface area (Å²) in [5.74, 6) is 0. The van der Waals surface area contributed by atoms with Gasteiger partial charge in [-0.1, -0.05) is 18.5 Å². The number of aliphatic hydroxyl groups excluding tert-OH is 3. The highest BCUT2D eigenvalue weighted by Gasteiger charge is 2.25. The monoisotopic (exact) mass is 351 g/mol. The molecule has 3 heterocycles. The van der Waals surface area contributed by atoms with Crippen molar-refractivity contribution in [1.82, 2.24) is 14.5 Å². The van der Waals surface area contributed by atoms with E-state index in [9.17, 15) is 15.3 Å². The second-order valence-electron chi connectivity index (χ2n) is 5.60. The van der Waals surface area contributed by atoms with Crippen LogP contribution >= 0.6 is 11.6 Å². The molecule has 0 spiro atoms. The van der Waals surface area contributed by atoms with Crippen LogP contribution in [0.25, 0.3) is 22.3 Å². The van der Waals surface area contributed by atoms with Gasteiger partial charge in [0.25, 0.3) is 0 Å². The Balaban J connectivity index is 1.98. The fourth-order valence-corrected chi connectivity index (χ4v) is 2.93. The molecule has 0 saturated carbocycles. The minimum atomic E-state index is -1.25. The highest BCUT2D eigenvalue weighted by molar-refractivity contribution is 6.36. The summed E-state index contributed by atoms with van der Waals surface area (Å²) < 4.78 is 6.73. The van der Waals surface area contributed by atoms with Gasteiger partial charge < -0.3 is 24.3 Å². The van der Waals surface area contributed by atoms with E-state index in [1.807, 2.05) is 0 Å². The molecule has 0 aliphatic carbocycles. The Kier molecular flexibility index (Phi) is 4.86. The first-order valence-corrected chi connectivity index (χ1v) is 7.96. The average Bonchev–Trinajstić information content (AvgIpc) is 3.22. The van der Waals surface area contributed by atoms with E-state index in [4.69, 9.17) is 16.0 Å². The van der Waals surface area contributed by atoms with Gasteiger partial charge in [0.2, 0.25) is 0 Å². The van der Waals surface area contributed by atoms with Gasteiger partial charge in [-0.25, -0.2) is 9.97 Å². The Morgan fingerprint density at radius 3 is 2.71 bits per heavy atom. The van der Waals surface area contributed by atoms with Gasteiger partial charge in [-0.2, -0.15) is 0 Å². The van der Waals surface area contributed by atoms with Gasteiger partial charge in [0.15, 0.2) is 0 Å². The summed E-state index contributed by atoms with van der Waals surface area (Å²) in [7, 11) is 0. The lowest BCUT2D eigenvalue weighted by Crippen LogP contribution is -2.39. The van der Waals surface area contributed by atoms with Crippen LogP contribution in [0.5, 0.6) is 0 Å². The summed E-state index contributed by atoms with van der Waals surface area (Å²) in [5, 5.41) is 30.9. The van der Waals surface area contributed by atoms with E-state index in [-0.39, 0.29) is 6.54 Å². The first-order valence-electron chi connectivity index (χ1n) is 7.59. The fourth-order valence-electron chi connectivity index (χ4n) is 2.64. The van der Waals surface area contributed by atoms with E-state index < -0.39 is 18.3 Å². The predicted octanol–water partition coefficient (Wildman–Crippen LogP) is 1.84. The van der Waals surface area contributed by atoms with Crippen LogP contribution < -0.4 is 0 Å². The van der Waals surface area contributed by atoms with Crippen molar-refractivity contribution in [3.05, 3.63) is 36.1 Å². The van der Waals surface area contributed by atoms with E-state index in [1.165, 1.54) is 6.33 Å². The van der Waals surface area contributed by atoms with Crippen molar-refractivity contribution in [2.45, 2.75) is 38.2 Å². The van der Waals surface area contributed by atoms with Crippen LogP contribution in [0.1, 0.15) is 13.3 Å². The molecule has 1 unspecified atom stereocenters. The van der Waals surface area contributed by atoms with Crippen molar-refractivity contribution in [2.75, 3.05) is 0 Å². The van der Waals surface area contributed by atoms with Crippen LogP contribution in [0.15, 0.2) is 35.5 Å². The van der Waals surface area contributed by atoms with E-state index in [1.54, 1.807) is 36.3 Å². The average molecular weight is 352 g/mol. The lowest BCUT2D eigenvalue weighted by molar-refractivity contribution is -0.0648. The van der Waals surface area contributed by atoms with E-state index in [0.29, 0.717) is 28.2 Å². The van der Waals surface area contributed by atoms with Crippen molar-refractivity contribution in [3.63, 3.8) is 0 Å². The third-order valence-corrected chi connectivity index (χ3v) is 4.28. The first kappa shape index (κ1) is 16.9. The molecule has 3 aromatic heterocycles. The van der Waals surface area contributed by atoms with Crippen LogP contribution in [0.4, 0.5) is 0 Å². The van der Waals surface area contributed by atoms with Crippen LogP contribution in [0.3, 0.4) is 0 Å². The van der Waals surface area contributed by atoms with Crippen LogP contribution in [0.2, 0.25) is 5.02 Å². The number of hydrogen-bond acceptors (Lipinski definition) is 6. The van der Waals surface area contributed by atoms with Crippen LogP contribution in [-0.4, -0.2) is 48.2 Å². The zero-order chi connectivity index (χ0) is 17.3. The molecule has 7 nitrogen and oxygen atoms in total. The van der Waals surface area contributed by atoms with Gasteiger partial charge in [0, 0.05) is 11.8 Å². The molecule has 0 fully saturated rings. The molecular formula is C16H18ClN3O4. The van der Waals surface area contributed by atoms with Gasteiger partial charge in [-0.15, -0.1) is 0 Å². The lowest BCUT2D eigenvalue weighted by atomic mass is 10.1. The molecule has 128 valence electrons. The Bertz CT molecular complexity index is 818. The highest BCUT2D eigenvalue weighted by atomic mass is 35.5. The van der Waals surface area contributed by atoms with Crippen molar-refractivity contribution >= 4 is 22.6 Å². The molecule has 3 N–H and O–H groups in total. The second-order valence-corrected chi connectivity index (χ2v) is 6.00. The van der Waals surface area contributed by atoms with Crippen molar-refractivity contribution in [2.24, 2.45) is 0 Å². The molecule has 0 saturated heterocycles. The van der Waals surface area contributed by atoms with Gasteiger partial charge >= 0.3 is 0 Å². The standard InChI is InChI=1S/C16H18ClN3O4/c1-2-11(21)15(23)12(22)6-20-5-10(17)13-14(9-3-4-24-7-9)18-8-19-16(13)20/h3-5,7-8,11-12,15,21-23H,2,6H2,1H3/t11?,12-,15+/m0/s1. The van der Waals surface area contributed by atoms with Crippen molar-refractivity contribution in [1.29, 1.82) is 0 Å². The molecule has 0 aliphatic heterocycles. The molecule has 0 radical (unpaired) electrons. The summed E-state index contributed by atoms with van der Waals surface area (Å²) >= 11 is 6.33. The van der Waals surface area contributed by atoms with Gasteiger partial charge in [-0.3, -0.25) is 0 Å². The summed E-state index contributed by atoms with van der Waals surface area (Å²) in [5.41, 5.74) is 1.92. The van der Waals surface area contributed by atoms with Gasteiger partial charge in [0.05, 0.1) is 41.3 Å². The number of aromatic nitrogens is 3. The molecule has 3 aromatic rings. The molecule has 0 amide bonds. The summed E-state index contributed by atoms with van der Waals surface area (Å²) in [6.45, 7) is 1.77. The number of nitrogens with zero attached hydrogens (tertiary/aromatic N) is 3. The highest BCUT2D eigenvalue weighted by Crippen LogP contribution is 2.32. The molecule has 0 bridgehead atoms. The van der Waals surface area contributed by atoms with E-state index >= 15 is 0 Å². The zero-order valence-electron chi connectivity index (χ0n) is 13.0. The number of aliphatic hydroxyl groups is 3. The second kappa shape index (κ2) is 6.90. The van der Waals surface area contributed by atoms with Crippen LogP contribution in [0, 0.1) is 0 Å². The van der Waals surface area contributed by atoms with E-state index in [2.05, 4.69) is 9.97 Å². The quantitative estimate of drug-likeness (QED) is 0.626. The fraction of sp³-hybridized carbons (Fsp3) is 0.375. The minimum absolute atomic E-state index is 0.0449. The number of halogens is 1. The topological polar surface area (TPSA) is 105 Å². The Hall–Kier alpha value is -1.93. The number of furan rings is 1. The first-order chi connectivity index (χ1) is 11.5. The third-order valence-electron chi connectivity index (χ3n) is 3.99. The normalized spacial score (nSPS) is 15.5. The van der Waals surface area contributed by atoms with Crippen LogP contribution in [-0.2, 0) is 6.54 Å². The molecular weight excluding hydrogens is 334 g/mol. The third kappa shape index (κ3) is 3.03. The molecule has 0 aliphatic rings. The Morgan fingerprint density at radius 2 is 2.04 bits per heavy atom. The maximum absolute atomic E-state index is 10.2. The van der Waals surface area contributed by atoms with Gasteiger partial charge in [-0.05, 0) is 12.5 Å².